The molecule has 0 spiro atoms. The minimum Gasteiger partial charge on any atom is -0.456 e. The van der Waals surface area contributed by atoms with Gasteiger partial charge in [-0.25, -0.2) is 8.42 Å². The number of nitrogens with one attached hydrogen (secondary N) is 3. The topological polar surface area (TPSA) is 139 Å². The van der Waals surface area contributed by atoms with Crippen LogP contribution in [0.25, 0.3) is 0 Å². The number of aromatic amines is 1. The number of amides is 1. The number of benzene rings is 3. The van der Waals surface area contributed by atoms with E-state index in [4.69, 9.17) is 27.9 Å². The van der Waals surface area contributed by atoms with Crippen molar-refractivity contribution in [1.82, 2.24) is 25.9 Å². The van der Waals surface area contributed by atoms with Crippen LogP contribution in [0.1, 0.15) is 16.2 Å². The van der Waals surface area contributed by atoms with Crippen molar-refractivity contribution in [2.24, 2.45) is 0 Å². The first kappa shape index (κ1) is 23.5. The number of halogens is 2. The molecule has 174 valence electrons. The number of sulfonamides is 1. The van der Waals surface area contributed by atoms with Crippen molar-refractivity contribution in [2.45, 2.75) is 11.4 Å². The predicted molar refractivity (Wildman–Crippen MR) is 126 cm³/mol. The summed E-state index contributed by atoms with van der Waals surface area (Å²) in [6.07, 6.45) is 0. The van der Waals surface area contributed by atoms with Gasteiger partial charge in [0.2, 0.25) is 0 Å². The second kappa shape index (κ2) is 10.1. The van der Waals surface area contributed by atoms with E-state index >= 15 is 0 Å². The molecule has 0 fully saturated rings. The zero-order valence-corrected chi connectivity index (χ0v) is 19.5. The summed E-state index contributed by atoms with van der Waals surface area (Å²) in [5.41, 5.74) is 0.0737. The smallest absolute Gasteiger partial charge is 0.261 e. The summed E-state index contributed by atoms with van der Waals surface area (Å²) < 4.78 is 34.0. The Balaban J connectivity index is 1.51. The second-order valence-electron chi connectivity index (χ2n) is 6.81. The summed E-state index contributed by atoms with van der Waals surface area (Å²) in [4.78, 5) is 12.6. The number of tetrazole rings is 1. The number of hydrogen-bond acceptors (Lipinski definition) is 7. The molecule has 10 nitrogen and oxygen atoms in total. The minimum atomic E-state index is -4.03. The van der Waals surface area contributed by atoms with E-state index in [1.807, 2.05) is 0 Å². The average molecular weight is 519 g/mol. The van der Waals surface area contributed by atoms with E-state index in [9.17, 15) is 13.2 Å². The van der Waals surface area contributed by atoms with Crippen molar-refractivity contribution in [3.8, 4) is 11.5 Å². The van der Waals surface area contributed by atoms with Crippen LogP contribution in [0.2, 0.25) is 10.0 Å². The standard InChI is InChI=1S/C21H16Cl2N6O4S/c22-13-5-10-18(16(11-13)21(30)24-12-20-25-28-29-26-20)27-34(31,32)15-8-6-14(7-9-15)33-19-4-2-1-3-17(19)23/h1-11,27H,12H2,(H,24,30)(H,25,26,28,29). The fourth-order valence-corrected chi connectivity index (χ4v) is 4.28. The van der Waals surface area contributed by atoms with Crippen molar-refractivity contribution in [3.63, 3.8) is 0 Å². The number of para-hydroxylation sites is 1. The van der Waals surface area contributed by atoms with Crippen LogP contribution in [-0.4, -0.2) is 34.9 Å². The summed E-state index contributed by atoms with van der Waals surface area (Å²) in [5.74, 6) is 0.528. The number of nitrogens with zero attached hydrogens (tertiary/aromatic N) is 3. The number of aromatic nitrogens is 4. The highest BCUT2D eigenvalue weighted by Gasteiger charge is 2.20. The van der Waals surface area contributed by atoms with E-state index in [0.717, 1.165) is 0 Å². The van der Waals surface area contributed by atoms with Gasteiger partial charge < -0.3 is 10.1 Å². The Morgan fingerprint density at radius 1 is 1.03 bits per heavy atom. The van der Waals surface area contributed by atoms with Crippen molar-refractivity contribution in [3.05, 3.63) is 88.2 Å². The maximum Gasteiger partial charge on any atom is 0.261 e. The van der Waals surface area contributed by atoms with Gasteiger partial charge in [0.1, 0.15) is 11.5 Å². The molecule has 34 heavy (non-hydrogen) atoms. The molecule has 4 rings (SSSR count). The number of rotatable bonds is 8. The van der Waals surface area contributed by atoms with Gasteiger partial charge >= 0.3 is 0 Å². The van der Waals surface area contributed by atoms with Gasteiger partial charge in [-0.2, -0.15) is 5.21 Å². The Labute approximate surface area is 204 Å². The molecule has 0 radical (unpaired) electrons. The lowest BCUT2D eigenvalue weighted by atomic mass is 10.1. The summed E-state index contributed by atoms with van der Waals surface area (Å²) in [6.45, 7) is -0.0130. The highest BCUT2D eigenvalue weighted by atomic mass is 35.5. The lowest BCUT2D eigenvalue weighted by molar-refractivity contribution is 0.0951. The van der Waals surface area contributed by atoms with Gasteiger partial charge in [0.05, 0.1) is 27.7 Å². The molecule has 3 aromatic carbocycles. The van der Waals surface area contributed by atoms with Gasteiger partial charge in [-0.15, -0.1) is 10.2 Å². The first-order valence-corrected chi connectivity index (χ1v) is 11.9. The van der Waals surface area contributed by atoms with Crippen LogP contribution in [0.15, 0.2) is 71.6 Å². The van der Waals surface area contributed by atoms with E-state index in [1.54, 1.807) is 24.3 Å². The van der Waals surface area contributed by atoms with Gasteiger partial charge in [0.25, 0.3) is 15.9 Å². The third-order valence-electron chi connectivity index (χ3n) is 4.47. The number of anilines is 1. The van der Waals surface area contributed by atoms with Crippen molar-refractivity contribution >= 4 is 44.8 Å². The molecule has 0 atom stereocenters. The van der Waals surface area contributed by atoms with E-state index in [0.29, 0.717) is 16.5 Å². The van der Waals surface area contributed by atoms with E-state index < -0.39 is 15.9 Å². The molecule has 0 bridgehead atoms. The largest absolute Gasteiger partial charge is 0.456 e. The van der Waals surface area contributed by atoms with E-state index in [2.05, 4.69) is 30.7 Å². The fraction of sp³-hybridized carbons (Fsp3) is 0.0476. The number of H-pyrrole nitrogens is 1. The lowest BCUT2D eigenvalue weighted by Gasteiger charge is -2.13. The summed E-state index contributed by atoms with van der Waals surface area (Å²) in [5, 5.41) is 16.4. The number of hydrogen-bond donors (Lipinski definition) is 3. The summed E-state index contributed by atoms with van der Waals surface area (Å²) >= 11 is 12.1. The highest BCUT2D eigenvalue weighted by molar-refractivity contribution is 7.92. The quantitative estimate of drug-likeness (QED) is 0.320. The second-order valence-corrected chi connectivity index (χ2v) is 9.34. The lowest BCUT2D eigenvalue weighted by Crippen LogP contribution is -2.25. The molecule has 13 heteroatoms. The molecule has 1 heterocycles. The molecule has 3 N–H and O–H groups in total. The van der Waals surface area contributed by atoms with Gasteiger partial charge in [-0.3, -0.25) is 9.52 Å². The molecule has 0 aliphatic rings. The van der Waals surface area contributed by atoms with E-state index in [1.165, 1.54) is 42.5 Å². The molecular weight excluding hydrogens is 503 g/mol. The Morgan fingerprint density at radius 2 is 1.79 bits per heavy atom. The van der Waals surface area contributed by atoms with Crippen LogP contribution in [-0.2, 0) is 16.6 Å². The maximum absolute atomic E-state index is 13.0. The molecule has 0 unspecified atom stereocenters. The summed E-state index contributed by atoms with van der Waals surface area (Å²) in [7, 11) is -4.03. The van der Waals surface area contributed by atoms with Gasteiger partial charge in [0, 0.05) is 5.02 Å². The van der Waals surface area contributed by atoms with E-state index in [-0.39, 0.29) is 33.5 Å². The molecule has 0 saturated heterocycles. The summed E-state index contributed by atoms with van der Waals surface area (Å²) in [6, 6.07) is 16.9. The Hall–Kier alpha value is -3.67. The van der Waals surface area contributed by atoms with Crippen LogP contribution in [0.3, 0.4) is 0 Å². The molecule has 0 aliphatic heterocycles. The first-order valence-electron chi connectivity index (χ1n) is 9.67. The molecule has 0 aliphatic carbocycles. The predicted octanol–water partition coefficient (Wildman–Crippen LogP) is 4.03. The van der Waals surface area contributed by atoms with Crippen LogP contribution in [0, 0.1) is 0 Å². The van der Waals surface area contributed by atoms with Crippen LogP contribution >= 0.6 is 23.2 Å². The normalized spacial score (nSPS) is 11.1. The highest BCUT2D eigenvalue weighted by Crippen LogP contribution is 2.30. The Bertz CT molecular complexity index is 1410. The van der Waals surface area contributed by atoms with Gasteiger partial charge in [-0.1, -0.05) is 40.5 Å². The monoisotopic (exact) mass is 518 g/mol. The average Bonchev–Trinajstić information content (AvgIpc) is 3.34. The third kappa shape index (κ3) is 5.63. The molecule has 1 aromatic heterocycles. The number of carbonyl (C=O) groups is 1. The van der Waals surface area contributed by atoms with Crippen molar-refractivity contribution in [1.29, 1.82) is 0 Å². The van der Waals surface area contributed by atoms with Crippen LogP contribution < -0.4 is 14.8 Å². The van der Waals surface area contributed by atoms with Crippen molar-refractivity contribution < 1.29 is 17.9 Å². The Kier molecular flexibility index (Phi) is 6.96. The first-order chi connectivity index (χ1) is 16.3. The van der Waals surface area contributed by atoms with Gasteiger partial charge in [-0.05, 0) is 54.6 Å². The molecule has 1 amide bonds. The zero-order chi connectivity index (χ0) is 24.1. The zero-order valence-electron chi connectivity index (χ0n) is 17.2. The Morgan fingerprint density at radius 3 is 2.50 bits per heavy atom. The number of carbonyl (C=O) groups excluding carboxylic acids is 1. The molecular formula is C21H16Cl2N6O4S. The molecule has 0 saturated carbocycles. The van der Waals surface area contributed by atoms with Crippen LogP contribution in [0.4, 0.5) is 5.69 Å². The molecule has 4 aromatic rings. The van der Waals surface area contributed by atoms with Gasteiger partial charge in [0.15, 0.2) is 5.82 Å². The SMILES string of the molecule is O=C(NCc1nn[nH]n1)c1cc(Cl)ccc1NS(=O)(=O)c1ccc(Oc2ccccc2Cl)cc1. The minimum absolute atomic E-state index is 0.0130. The van der Waals surface area contributed by atoms with Crippen molar-refractivity contribution in [2.75, 3.05) is 4.72 Å². The third-order valence-corrected chi connectivity index (χ3v) is 6.39. The fourth-order valence-electron chi connectivity index (χ4n) is 2.85. The number of ether oxygens (including phenoxy) is 1. The van der Waals surface area contributed by atoms with Crippen LogP contribution in [0.5, 0.6) is 11.5 Å². The maximum atomic E-state index is 13.0.